The van der Waals surface area contributed by atoms with Crippen LogP contribution >= 0.6 is 0 Å². The van der Waals surface area contributed by atoms with Crippen LogP contribution in [-0.2, 0) is 19.4 Å². The van der Waals surface area contributed by atoms with Crippen LogP contribution in [0.4, 0.5) is 5.82 Å². The zero-order chi connectivity index (χ0) is 15.5. The zero-order valence-electron chi connectivity index (χ0n) is 12.8. The molecule has 1 N–H and O–H groups in total. The van der Waals surface area contributed by atoms with Gasteiger partial charge in [0.05, 0.1) is 18.9 Å². The highest BCUT2D eigenvalue weighted by Crippen LogP contribution is 2.24. The summed E-state index contributed by atoms with van der Waals surface area (Å²) in [5.41, 5.74) is 2.27. The lowest BCUT2D eigenvalue weighted by atomic mass is 9.96. The van der Waals surface area contributed by atoms with Gasteiger partial charge in [-0.05, 0) is 19.3 Å². The Morgan fingerprint density at radius 3 is 2.82 bits per heavy atom. The predicted octanol–water partition coefficient (Wildman–Crippen LogP) is 1.34. The molecule has 0 spiro atoms. The fourth-order valence-electron chi connectivity index (χ4n) is 2.51. The summed E-state index contributed by atoms with van der Waals surface area (Å²) in [5, 5.41) is 6.89. The van der Waals surface area contributed by atoms with Crippen molar-refractivity contribution in [2.45, 2.75) is 32.2 Å². The summed E-state index contributed by atoms with van der Waals surface area (Å²) in [6.07, 6.45) is 7.25. The highest BCUT2D eigenvalue weighted by atomic mass is 16.5. The Balaban J connectivity index is 1.63. The second-order valence-electron chi connectivity index (χ2n) is 5.58. The summed E-state index contributed by atoms with van der Waals surface area (Å²) < 4.78 is 5.33. The van der Waals surface area contributed by atoms with E-state index in [1.807, 2.05) is 19.0 Å². The maximum atomic E-state index is 12.1. The van der Waals surface area contributed by atoms with Gasteiger partial charge in [-0.3, -0.25) is 4.79 Å². The summed E-state index contributed by atoms with van der Waals surface area (Å²) in [6, 6.07) is 0. The Bertz CT molecular complexity index is 663. The molecule has 7 heteroatoms. The first-order valence-electron chi connectivity index (χ1n) is 7.39. The lowest BCUT2D eigenvalue weighted by molar-refractivity contribution is 0.0944. The van der Waals surface area contributed by atoms with Crippen molar-refractivity contribution in [2.24, 2.45) is 0 Å². The van der Waals surface area contributed by atoms with Gasteiger partial charge in [-0.15, -0.1) is 0 Å². The molecule has 0 atom stereocenters. The van der Waals surface area contributed by atoms with Crippen molar-refractivity contribution in [3.8, 4) is 0 Å². The maximum absolute atomic E-state index is 12.1. The number of anilines is 1. The lowest BCUT2D eigenvalue weighted by Crippen LogP contribution is -2.25. The Labute approximate surface area is 128 Å². The Hall–Kier alpha value is -2.44. The van der Waals surface area contributed by atoms with Gasteiger partial charge in [0.25, 0.3) is 5.91 Å². The van der Waals surface area contributed by atoms with Crippen molar-refractivity contribution in [2.75, 3.05) is 19.0 Å². The predicted molar refractivity (Wildman–Crippen MR) is 80.7 cm³/mol. The minimum absolute atomic E-state index is 0.259. The number of nitrogens with zero attached hydrogens (tertiary/aromatic N) is 4. The molecule has 0 saturated heterocycles. The monoisotopic (exact) mass is 301 g/mol. The van der Waals surface area contributed by atoms with Crippen LogP contribution in [0.15, 0.2) is 16.9 Å². The van der Waals surface area contributed by atoms with Crippen LogP contribution in [0.1, 0.15) is 40.3 Å². The molecule has 0 aromatic carbocycles. The molecule has 1 aliphatic rings. The first kappa shape index (κ1) is 14.5. The molecule has 2 heterocycles. The number of hydrogen-bond donors (Lipinski definition) is 1. The van der Waals surface area contributed by atoms with Gasteiger partial charge < -0.3 is 14.7 Å². The molecule has 1 aliphatic carbocycles. The van der Waals surface area contributed by atoms with Gasteiger partial charge in [-0.1, -0.05) is 5.16 Å². The van der Waals surface area contributed by atoms with Gasteiger partial charge in [-0.2, -0.15) is 0 Å². The number of aromatic nitrogens is 3. The normalized spacial score (nSPS) is 13.5. The number of rotatable bonds is 4. The average molecular weight is 301 g/mol. The molecule has 0 unspecified atom stereocenters. The zero-order valence-corrected chi connectivity index (χ0v) is 12.8. The van der Waals surface area contributed by atoms with Gasteiger partial charge in [0, 0.05) is 26.1 Å². The highest BCUT2D eigenvalue weighted by Gasteiger charge is 2.19. The van der Waals surface area contributed by atoms with Crippen LogP contribution in [0.5, 0.6) is 0 Å². The topological polar surface area (TPSA) is 84.2 Å². The van der Waals surface area contributed by atoms with E-state index in [1.165, 1.54) is 6.20 Å². The summed E-state index contributed by atoms with van der Waals surface area (Å²) in [6.45, 7) is 0.356. The molecule has 116 valence electrons. The van der Waals surface area contributed by atoms with E-state index in [9.17, 15) is 4.79 Å². The van der Waals surface area contributed by atoms with Crippen LogP contribution in [-0.4, -0.2) is 35.1 Å². The van der Waals surface area contributed by atoms with Crippen molar-refractivity contribution < 1.29 is 9.32 Å². The molecule has 0 fully saturated rings. The van der Waals surface area contributed by atoms with E-state index in [-0.39, 0.29) is 5.91 Å². The molecule has 7 nitrogen and oxygen atoms in total. The van der Waals surface area contributed by atoms with Gasteiger partial charge in [0.15, 0.2) is 0 Å². The molecule has 0 bridgehead atoms. The third kappa shape index (κ3) is 2.93. The Kier molecular flexibility index (Phi) is 4.04. The van der Waals surface area contributed by atoms with Crippen LogP contribution in [0.2, 0.25) is 0 Å². The highest BCUT2D eigenvalue weighted by molar-refractivity contribution is 5.91. The summed E-state index contributed by atoms with van der Waals surface area (Å²) in [5.74, 6) is 1.41. The maximum Gasteiger partial charge on any atom is 0.271 e. The number of hydrogen-bond acceptors (Lipinski definition) is 6. The molecule has 2 aromatic rings. The lowest BCUT2D eigenvalue weighted by Gasteiger charge is -2.11. The molecule has 1 amide bonds. The quantitative estimate of drug-likeness (QED) is 0.917. The van der Waals surface area contributed by atoms with E-state index in [2.05, 4.69) is 20.4 Å². The standard InChI is InChI=1S/C15H19N5O2/c1-20(2)14-9-16-12(8-17-14)15(21)18-7-11-10-5-3-4-6-13(10)22-19-11/h8-9H,3-7H2,1-2H3,(H,18,21). The summed E-state index contributed by atoms with van der Waals surface area (Å²) >= 11 is 0. The van der Waals surface area contributed by atoms with Gasteiger partial charge in [0.1, 0.15) is 23.0 Å². The molecule has 22 heavy (non-hydrogen) atoms. The summed E-state index contributed by atoms with van der Waals surface area (Å²) in [7, 11) is 3.74. The Morgan fingerprint density at radius 2 is 2.09 bits per heavy atom. The second-order valence-corrected chi connectivity index (χ2v) is 5.58. The van der Waals surface area contributed by atoms with E-state index in [0.717, 1.165) is 42.7 Å². The molecular formula is C15H19N5O2. The first-order chi connectivity index (χ1) is 10.6. The van der Waals surface area contributed by atoms with Crippen LogP contribution in [0.3, 0.4) is 0 Å². The number of carbonyl (C=O) groups is 1. The van der Waals surface area contributed by atoms with Gasteiger partial charge in [0.2, 0.25) is 0 Å². The van der Waals surface area contributed by atoms with Gasteiger partial charge >= 0.3 is 0 Å². The average Bonchev–Trinajstić information content (AvgIpc) is 2.96. The SMILES string of the molecule is CN(C)c1cnc(C(=O)NCc2noc3c2CCCC3)cn1. The van der Waals surface area contributed by atoms with E-state index in [1.54, 1.807) is 6.20 Å². The van der Waals surface area contributed by atoms with E-state index < -0.39 is 0 Å². The van der Waals surface area contributed by atoms with Crippen LogP contribution in [0.25, 0.3) is 0 Å². The number of fused-ring (bicyclic) bond motifs is 1. The van der Waals surface area contributed by atoms with Crippen molar-refractivity contribution in [3.63, 3.8) is 0 Å². The Morgan fingerprint density at radius 1 is 1.27 bits per heavy atom. The molecule has 0 aliphatic heterocycles. The van der Waals surface area contributed by atoms with Crippen molar-refractivity contribution in [3.05, 3.63) is 35.1 Å². The minimum atomic E-state index is -0.259. The van der Waals surface area contributed by atoms with Crippen LogP contribution < -0.4 is 10.2 Å². The van der Waals surface area contributed by atoms with Crippen molar-refractivity contribution >= 4 is 11.7 Å². The smallest absolute Gasteiger partial charge is 0.271 e. The van der Waals surface area contributed by atoms with Crippen molar-refractivity contribution in [1.82, 2.24) is 20.4 Å². The molecular weight excluding hydrogens is 282 g/mol. The van der Waals surface area contributed by atoms with Gasteiger partial charge in [-0.25, -0.2) is 9.97 Å². The number of amides is 1. The third-order valence-corrected chi connectivity index (χ3v) is 3.78. The summed E-state index contributed by atoms with van der Waals surface area (Å²) in [4.78, 5) is 22.2. The molecule has 3 rings (SSSR count). The molecule has 0 saturated carbocycles. The van der Waals surface area contributed by atoms with E-state index in [4.69, 9.17) is 4.52 Å². The molecule has 2 aromatic heterocycles. The third-order valence-electron chi connectivity index (χ3n) is 3.78. The number of aryl methyl sites for hydroxylation is 1. The second kappa shape index (κ2) is 6.13. The fraction of sp³-hybridized carbons (Fsp3) is 0.467. The van der Waals surface area contributed by atoms with E-state index in [0.29, 0.717) is 18.1 Å². The fourth-order valence-corrected chi connectivity index (χ4v) is 2.51. The number of carbonyl (C=O) groups excluding carboxylic acids is 1. The first-order valence-corrected chi connectivity index (χ1v) is 7.39. The van der Waals surface area contributed by atoms with Crippen LogP contribution in [0, 0.1) is 0 Å². The largest absolute Gasteiger partial charge is 0.361 e. The minimum Gasteiger partial charge on any atom is -0.361 e. The van der Waals surface area contributed by atoms with E-state index >= 15 is 0 Å². The van der Waals surface area contributed by atoms with Crippen molar-refractivity contribution in [1.29, 1.82) is 0 Å². The molecule has 0 radical (unpaired) electrons. The number of nitrogens with one attached hydrogen (secondary N) is 1.